The molecule has 0 amide bonds. The van der Waals surface area contributed by atoms with E-state index in [4.69, 9.17) is 4.42 Å². The van der Waals surface area contributed by atoms with Crippen molar-refractivity contribution in [1.82, 2.24) is 0 Å². The van der Waals surface area contributed by atoms with Crippen LogP contribution in [0.25, 0.3) is 99.1 Å². The lowest BCUT2D eigenvalue weighted by Gasteiger charge is -2.31. The lowest BCUT2D eigenvalue weighted by atomic mass is 9.72. The van der Waals surface area contributed by atoms with Crippen molar-refractivity contribution in [2.45, 2.75) is 64.7 Å². The van der Waals surface area contributed by atoms with Gasteiger partial charge in [0.2, 0.25) is 0 Å². The zero-order valence-corrected chi connectivity index (χ0v) is 36.0. The van der Waals surface area contributed by atoms with Crippen molar-refractivity contribution < 1.29 is 4.42 Å². The van der Waals surface area contributed by atoms with Crippen molar-refractivity contribution in [3.63, 3.8) is 0 Å². The molecule has 2 aliphatic carbocycles. The lowest BCUT2D eigenvalue weighted by molar-refractivity contribution is 0.591. The maximum Gasteiger partial charge on any atom is 0.144 e. The Hall–Kier alpha value is -6.70. The number of fused-ring (bicyclic) bond motifs is 14. The highest BCUT2D eigenvalue weighted by molar-refractivity contribution is 6.23. The summed E-state index contributed by atoms with van der Waals surface area (Å²) in [5, 5.41) is 7.51. The van der Waals surface area contributed by atoms with Gasteiger partial charge in [-0.25, -0.2) is 0 Å². The molecule has 0 fully saturated rings. The Balaban J connectivity index is 1.13. The third-order valence-corrected chi connectivity index (χ3v) is 14.3. The van der Waals surface area contributed by atoms with E-state index in [9.17, 15) is 0 Å². The smallest absolute Gasteiger partial charge is 0.144 e. The van der Waals surface area contributed by atoms with E-state index in [-0.39, 0.29) is 16.2 Å². The van der Waals surface area contributed by atoms with Gasteiger partial charge in [0.05, 0.1) is 0 Å². The highest BCUT2D eigenvalue weighted by Gasteiger charge is 2.48. The van der Waals surface area contributed by atoms with E-state index in [1.54, 1.807) is 0 Å². The molecule has 10 aromatic rings. The van der Waals surface area contributed by atoms with Crippen molar-refractivity contribution in [2.75, 3.05) is 0 Å². The molecular formula is C60H48O. The Morgan fingerprint density at radius 3 is 1.59 bits per heavy atom. The predicted octanol–water partition coefficient (Wildman–Crippen LogP) is 16.8. The third kappa shape index (κ3) is 4.95. The fraction of sp³-hybridized carbons (Fsp3) is 0.167. The van der Waals surface area contributed by atoms with Crippen LogP contribution in [-0.4, -0.2) is 0 Å². The topological polar surface area (TPSA) is 13.1 Å². The maximum absolute atomic E-state index is 6.95. The number of furan rings is 1. The first-order valence-electron chi connectivity index (χ1n) is 21.8. The minimum Gasteiger partial charge on any atom is -0.455 e. The monoisotopic (exact) mass is 784 g/mol. The Morgan fingerprint density at radius 1 is 0.393 bits per heavy atom. The van der Waals surface area contributed by atoms with Crippen LogP contribution in [0, 0.1) is 0 Å². The fourth-order valence-electron chi connectivity index (χ4n) is 11.4. The van der Waals surface area contributed by atoms with Gasteiger partial charge in [-0.1, -0.05) is 194 Å². The summed E-state index contributed by atoms with van der Waals surface area (Å²) in [6.45, 7) is 16.7. The fourth-order valence-corrected chi connectivity index (χ4v) is 11.4. The number of hydrogen-bond donors (Lipinski definition) is 0. The minimum atomic E-state index is -0.274. The van der Waals surface area contributed by atoms with E-state index in [2.05, 4.69) is 212 Å². The minimum absolute atomic E-state index is 0.0215. The van der Waals surface area contributed by atoms with E-state index in [0.717, 1.165) is 11.2 Å². The molecule has 294 valence electrons. The summed E-state index contributed by atoms with van der Waals surface area (Å²) in [5.41, 5.74) is 21.2. The van der Waals surface area contributed by atoms with Gasteiger partial charge in [0.25, 0.3) is 0 Å². The van der Waals surface area contributed by atoms with Crippen molar-refractivity contribution in [2.24, 2.45) is 0 Å². The van der Waals surface area contributed by atoms with Crippen LogP contribution in [0.1, 0.15) is 76.3 Å². The van der Waals surface area contributed by atoms with Crippen LogP contribution in [0.2, 0.25) is 0 Å². The second-order valence-electron chi connectivity index (χ2n) is 19.6. The zero-order chi connectivity index (χ0) is 41.6. The number of rotatable bonds is 3. The molecule has 0 aliphatic heterocycles. The van der Waals surface area contributed by atoms with E-state index in [1.807, 2.05) is 0 Å². The molecule has 0 bridgehead atoms. The molecule has 1 aromatic heterocycles. The first-order valence-corrected chi connectivity index (χ1v) is 21.8. The maximum atomic E-state index is 6.95. The zero-order valence-electron chi connectivity index (χ0n) is 36.0. The van der Waals surface area contributed by atoms with Crippen LogP contribution in [-0.2, 0) is 16.2 Å². The van der Waals surface area contributed by atoms with Gasteiger partial charge in [-0.15, -0.1) is 0 Å². The number of para-hydroxylation sites is 1. The average Bonchev–Trinajstić information content (AvgIpc) is 3.85. The molecule has 1 nitrogen and oxygen atoms in total. The molecule has 0 atom stereocenters. The van der Waals surface area contributed by atoms with Crippen molar-refractivity contribution in [3.8, 4) is 55.6 Å². The Labute approximate surface area is 358 Å². The first kappa shape index (κ1) is 36.2. The second kappa shape index (κ2) is 12.4. The predicted molar refractivity (Wildman–Crippen MR) is 259 cm³/mol. The summed E-state index contributed by atoms with van der Waals surface area (Å²) in [6.07, 6.45) is 0. The quantitative estimate of drug-likeness (QED) is 0.163. The van der Waals surface area contributed by atoms with Gasteiger partial charge in [0.15, 0.2) is 0 Å². The van der Waals surface area contributed by atoms with E-state index in [0.29, 0.717) is 0 Å². The standard InChI is InChI=1S/C60H48O/c1-58(2,3)39-32-37(35-19-9-8-10-20-35)31-38(33-39)51-42-23-13-11-21-40(42)50(41-22-12-14-24-43(41)51)36-29-30-45-48(34-36)60(6,7)55-52(45)53-46-26-16-18-28-49(46)61-57(53)54-44-25-15-17-27-47(44)59(4,5)56(54)55/h8-34H,1-7H3. The largest absolute Gasteiger partial charge is 0.455 e. The van der Waals surface area contributed by atoms with Crippen LogP contribution < -0.4 is 0 Å². The lowest BCUT2D eigenvalue weighted by Crippen LogP contribution is -2.24. The van der Waals surface area contributed by atoms with Gasteiger partial charge in [0, 0.05) is 27.2 Å². The SMILES string of the molecule is CC(C)(C)c1cc(-c2ccccc2)cc(-c2c3ccccc3c(-c3ccc4c(c3)C(C)(C)c3c5c(c6oc7ccccc7c6c3-4)-c3ccccc3C5(C)C)c3ccccc23)c1. The van der Waals surface area contributed by atoms with Crippen molar-refractivity contribution >= 4 is 43.5 Å². The van der Waals surface area contributed by atoms with Crippen LogP contribution in [0.5, 0.6) is 0 Å². The molecule has 0 radical (unpaired) electrons. The highest BCUT2D eigenvalue weighted by atomic mass is 16.3. The summed E-state index contributed by atoms with van der Waals surface area (Å²) in [4.78, 5) is 0. The average molecular weight is 785 g/mol. The molecule has 0 spiro atoms. The summed E-state index contributed by atoms with van der Waals surface area (Å²) in [7, 11) is 0. The molecule has 12 rings (SSSR count). The molecule has 61 heavy (non-hydrogen) atoms. The Morgan fingerprint density at radius 2 is 0.918 bits per heavy atom. The van der Waals surface area contributed by atoms with E-state index >= 15 is 0 Å². The van der Waals surface area contributed by atoms with Crippen LogP contribution in [0.3, 0.4) is 0 Å². The van der Waals surface area contributed by atoms with Gasteiger partial charge in [-0.2, -0.15) is 0 Å². The number of benzene rings is 9. The molecule has 0 saturated carbocycles. The Kier molecular flexibility index (Phi) is 7.37. The summed E-state index contributed by atoms with van der Waals surface area (Å²) >= 11 is 0. The van der Waals surface area contributed by atoms with Crippen LogP contribution >= 0.6 is 0 Å². The molecular weight excluding hydrogens is 737 g/mol. The summed E-state index contributed by atoms with van der Waals surface area (Å²) in [5.74, 6) is 0. The summed E-state index contributed by atoms with van der Waals surface area (Å²) in [6, 6.07) is 61.3. The molecule has 9 aromatic carbocycles. The molecule has 0 saturated heterocycles. The molecule has 0 N–H and O–H groups in total. The normalized spacial score (nSPS) is 14.7. The van der Waals surface area contributed by atoms with Crippen molar-refractivity contribution in [1.29, 1.82) is 0 Å². The molecule has 1 heteroatoms. The van der Waals surface area contributed by atoms with E-state index in [1.165, 1.54) is 116 Å². The van der Waals surface area contributed by atoms with Gasteiger partial charge in [-0.05, 0) is 123 Å². The van der Waals surface area contributed by atoms with Gasteiger partial charge < -0.3 is 4.42 Å². The first-order chi connectivity index (χ1) is 29.4. The Bertz CT molecular complexity index is 3440. The summed E-state index contributed by atoms with van der Waals surface area (Å²) < 4.78 is 6.95. The molecule has 0 unspecified atom stereocenters. The molecule has 1 heterocycles. The van der Waals surface area contributed by atoms with E-state index < -0.39 is 0 Å². The number of hydrogen-bond acceptors (Lipinski definition) is 1. The molecule has 2 aliphatic rings. The second-order valence-corrected chi connectivity index (χ2v) is 19.6. The van der Waals surface area contributed by atoms with Crippen LogP contribution in [0.4, 0.5) is 0 Å². The highest BCUT2D eigenvalue weighted by Crippen LogP contribution is 2.63. The van der Waals surface area contributed by atoms with Crippen LogP contribution in [0.15, 0.2) is 168 Å². The van der Waals surface area contributed by atoms with Gasteiger partial charge in [-0.3, -0.25) is 0 Å². The van der Waals surface area contributed by atoms with Gasteiger partial charge >= 0.3 is 0 Å². The van der Waals surface area contributed by atoms with Gasteiger partial charge in [0.1, 0.15) is 11.2 Å². The van der Waals surface area contributed by atoms with Crippen molar-refractivity contribution in [3.05, 3.63) is 192 Å². The third-order valence-electron chi connectivity index (χ3n) is 14.3.